The maximum Gasteiger partial charge on any atom is 0.253 e. The van der Waals surface area contributed by atoms with Gasteiger partial charge < -0.3 is 10.1 Å². The van der Waals surface area contributed by atoms with Gasteiger partial charge in [-0.05, 0) is 54.8 Å². The second-order valence-electron chi connectivity index (χ2n) is 6.28. The maximum atomic E-state index is 14.5. The first kappa shape index (κ1) is 16.5. The minimum absolute atomic E-state index is 0.00906. The van der Waals surface area contributed by atoms with Crippen LogP contribution < -0.4 is 5.32 Å². The summed E-state index contributed by atoms with van der Waals surface area (Å²) in [5.74, 6) is -0.234. The lowest BCUT2D eigenvalue weighted by atomic mass is 10.0. The summed E-state index contributed by atoms with van der Waals surface area (Å²) in [4.78, 5) is 12.2. The monoisotopic (exact) mass is 333 g/mol. The van der Waals surface area contributed by atoms with Crippen LogP contribution in [0.2, 0.25) is 0 Å². The van der Waals surface area contributed by atoms with Crippen molar-refractivity contribution < 1.29 is 13.9 Å². The van der Waals surface area contributed by atoms with Crippen LogP contribution in [0.25, 0.3) is 11.4 Å². The Bertz CT molecular complexity index is 746. The molecular formula is C16H20FN5O2. The molecule has 3 rings (SSSR count). The molecule has 0 spiro atoms. The Morgan fingerprint density at radius 3 is 2.88 bits per heavy atom. The van der Waals surface area contributed by atoms with Crippen molar-refractivity contribution in [3.05, 3.63) is 24.0 Å². The number of carbonyl (C=O) groups is 1. The summed E-state index contributed by atoms with van der Waals surface area (Å²) in [5.41, 5.74) is 0.671. The molecule has 0 bridgehead atoms. The summed E-state index contributed by atoms with van der Waals surface area (Å²) >= 11 is 0. The van der Waals surface area contributed by atoms with Gasteiger partial charge in [0.15, 0.2) is 5.82 Å². The molecule has 1 amide bonds. The Labute approximate surface area is 139 Å². The van der Waals surface area contributed by atoms with E-state index >= 15 is 0 Å². The molecule has 2 heterocycles. The molecule has 1 fully saturated rings. The quantitative estimate of drug-likeness (QED) is 0.929. The van der Waals surface area contributed by atoms with Crippen LogP contribution in [0.15, 0.2) is 18.2 Å². The molecule has 24 heavy (non-hydrogen) atoms. The maximum absolute atomic E-state index is 14.5. The zero-order valence-electron chi connectivity index (χ0n) is 13.9. The van der Waals surface area contributed by atoms with Gasteiger partial charge in [0.05, 0.1) is 11.6 Å². The normalized spacial score (nSPS) is 20.5. The van der Waals surface area contributed by atoms with E-state index in [0.717, 1.165) is 6.42 Å². The van der Waals surface area contributed by atoms with E-state index in [9.17, 15) is 9.18 Å². The summed E-state index contributed by atoms with van der Waals surface area (Å²) in [6.07, 6.45) is 0.365. The molecule has 8 heteroatoms. The Morgan fingerprint density at radius 1 is 1.46 bits per heavy atom. The van der Waals surface area contributed by atoms with Crippen LogP contribution in [0.1, 0.15) is 33.2 Å². The zero-order valence-corrected chi connectivity index (χ0v) is 13.9. The molecule has 0 unspecified atom stereocenters. The third-order valence-corrected chi connectivity index (χ3v) is 4.11. The second-order valence-corrected chi connectivity index (χ2v) is 6.28. The number of benzene rings is 1. The highest BCUT2D eigenvalue weighted by Crippen LogP contribution is 2.26. The van der Waals surface area contributed by atoms with Crippen molar-refractivity contribution in [1.82, 2.24) is 20.2 Å². The molecular weight excluding hydrogens is 313 g/mol. The van der Waals surface area contributed by atoms with Crippen molar-refractivity contribution >= 4 is 11.6 Å². The van der Waals surface area contributed by atoms with Crippen molar-refractivity contribution in [2.24, 2.45) is 5.92 Å². The van der Waals surface area contributed by atoms with Crippen molar-refractivity contribution in [3.63, 3.8) is 0 Å². The Kier molecular flexibility index (Phi) is 4.57. The largest absolute Gasteiger partial charge is 0.368 e. The lowest BCUT2D eigenvalue weighted by Gasteiger charge is -2.15. The van der Waals surface area contributed by atoms with Gasteiger partial charge in [0, 0.05) is 12.3 Å². The number of anilines is 1. The van der Waals surface area contributed by atoms with E-state index in [-0.39, 0.29) is 23.4 Å². The number of amides is 1. The van der Waals surface area contributed by atoms with Crippen molar-refractivity contribution in [1.29, 1.82) is 0 Å². The van der Waals surface area contributed by atoms with Crippen molar-refractivity contribution in [2.45, 2.75) is 39.3 Å². The van der Waals surface area contributed by atoms with Crippen molar-refractivity contribution in [3.8, 4) is 11.4 Å². The minimum Gasteiger partial charge on any atom is -0.368 e. The highest BCUT2D eigenvalue weighted by Gasteiger charge is 2.31. The summed E-state index contributed by atoms with van der Waals surface area (Å²) in [6, 6.07) is 4.48. The van der Waals surface area contributed by atoms with Crippen LogP contribution in [-0.4, -0.2) is 38.8 Å². The summed E-state index contributed by atoms with van der Waals surface area (Å²) < 4.78 is 21.4. The molecule has 0 aliphatic carbocycles. The Hall–Kier alpha value is -2.35. The van der Waals surface area contributed by atoms with Crippen LogP contribution >= 0.6 is 0 Å². The van der Waals surface area contributed by atoms with Crippen LogP contribution in [0.4, 0.5) is 10.1 Å². The number of rotatable bonds is 4. The van der Waals surface area contributed by atoms with E-state index in [1.165, 1.54) is 6.07 Å². The van der Waals surface area contributed by atoms with Gasteiger partial charge in [0.25, 0.3) is 5.91 Å². The molecule has 0 radical (unpaired) electrons. The fourth-order valence-corrected chi connectivity index (χ4v) is 2.74. The lowest BCUT2D eigenvalue weighted by molar-refractivity contribution is -0.126. The van der Waals surface area contributed by atoms with Crippen LogP contribution in [-0.2, 0) is 9.53 Å². The molecule has 1 saturated heterocycles. The topological polar surface area (TPSA) is 81.9 Å². The molecule has 128 valence electrons. The van der Waals surface area contributed by atoms with Crippen LogP contribution in [0.5, 0.6) is 0 Å². The third-order valence-electron chi connectivity index (χ3n) is 4.11. The number of hydrogen-bond acceptors (Lipinski definition) is 5. The molecule has 1 aliphatic rings. The first-order chi connectivity index (χ1) is 11.5. The van der Waals surface area contributed by atoms with E-state index in [2.05, 4.69) is 20.8 Å². The highest BCUT2D eigenvalue weighted by molar-refractivity contribution is 5.94. The first-order valence-electron chi connectivity index (χ1n) is 7.97. The molecule has 1 aliphatic heterocycles. The fourth-order valence-electron chi connectivity index (χ4n) is 2.74. The van der Waals surface area contributed by atoms with Gasteiger partial charge in [-0.1, -0.05) is 6.92 Å². The average Bonchev–Trinajstić information content (AvgIpc) is 3.16. The third kappa shape index (κ3) is 3.14. The van der Waals surface area contributed by atoms with E-state index in [0.29, 0.717) is 18.1 Å². The van der Waals surface area contributed by atoms with Gasteiger partial charge >= 0.3 is 0 Å². The Balaban J connectivity index is 1.80. The van der Waals surface area contributed by atoms with E-state index < -0.39 is 11.9 Å². The average molecular weight is 333 g/mol. The summed E-state index contributed by atoms with van der Waals surface area (Å²) in [6.45, 7) is 6.36. The molecule has 1 N–H and O–H groups in total. The standard InChI is InChI=1S/C16H20FN5O2/c1-9(2)22-15(19-20-21-22)12-5-4-11(8-13(12)17)18-16(23)14-10(3)6-7-24-14/h4-5,8-10,14H,6-7H2,1-3H3,(H,18,23)/t10-,14-/m0/s1. The number of hydrogen-bond donors (Lipinski definition) is 1. The van der Waals surface area contributed by atoms with E-state index in [1.807, 2.05) is 20.8 Å². The lowest BCUT2D eigenvalue weighted by Crippen LogP contribution is -2.31. The van der Waals surface area contributed by atoms with E-state index in [4.69, 9.17) is 4.74 Å². The SMILES string of the molecule is CC(C)n1nnnc1-c1ccc(NC(=O)[C@H]2OCC[C@@H]2C)cc1F. The van der Waals surface area contributed by atoms with Gasteiger partial charge in [0.1, 0.15) is 11.9 Å². The number of nitrogens with zero attached hydrogens (tertiary/aromatic N) is 4. The first-order valence-corrected chi connectivity index (χ1v) is 7.97. The number of ether oxygens (including phenoxy) is 1. The minimum atomic E-state index is -0.495. The van der Waals surface area contributed by atoms with Gasteiger partial charge in [0.2, 0.25) is 0 Å². The number of carbonyl (C=O) groups excluding carboxylic acids is 1. The Morgan fingerprint density at radius 2 is 2.25 bits per heavy atom. The van der Waals surface area contributed by atoms with Crippen molar-refractivity contribution in [2.75, 3.05) is 11.9 Å². The van der Waals surface area contributed by atoms with Crippen LogP contribution in [0.3, 0.4) is 0 Å². The van der Waals surface area contributed by atoms with Gasteiger partial charge in [-0.15, -0.1) is 5.10 Å². The van der Waals surface area contributed by atoms with E-state index in [1.54, 1.807) is 16.8 Å². The van der Waals surface area contributed by atoms with Crippen LogP contribution in [0, 0.1) is 11.7 Å². The predicted octanol–water partition coefficient (Wildman–Crippen LogP) is 2.42. The number of aromatic nitrogens is 4. The van der Waals surface area contributed by atoms with Gasteiger partial charge in [-0.25, -0.2) is 9.07 Å². The molecule has 0 saturated carbocycles. The van der Waals surface area contributed by atoms with Gasteiger partial charge in [-0.2, -0.15) is 0 Å². The summed E-state index contributed by atoms with van der Waals surface area (Å²) in [5, 5.41) is 14.1. The molecule has 1 aromatic carbocycles. The highest BCUT2D eigenvalue weighted by atomic mass is 19.1. The molecule has 2 atom stereocenters. The zero-order chi connectivity index (χ0) is 17.3. The summed E-state index contributed by atoms with van der Waals surface area (Å²) in [7, 11) is 0. The van der Waals surface area contributed by atoms with Gasteiger partial charge in [-0.3, -0.25) is 4.79 Å². The predicted molar refractivity (Wildman–Crippen MR) is 85.7 cm³/mol. The molecule has 2 aromatic rings. The fraction of sp³-hybridized carbons (Fsp3) is 0.500. The molecule has 1 aromatic heterocycles. The molecule has 7 nitrogen and oxygen atoms in total. The smallest absolute Gasteiger partial charge is 0.253 e. The number of nitrogens with one attached hydrogen (secondary N) is 1. The number of halogens is 1. The number of tetrazole rings is 1. The second kappa shape index (κ2) is 6.64.